The average Bonchev–Trinajstić information content (AvgIpc) is 2.65. The van der Waals surface area contributed by atoms with Gasteiger partial charge in [0.15, 0.2) is 0 Å². The number of esters is 1. The van der Waals surface area contributed by atoms with Crippen molar-refractivity contribution < 1.29 is 19.1 Å². The van der Waals surface area contributed by atoms with Crippen LogP contribution in [-0.4, -0.2) is 32.6 Å². The first-order valence-electron chi connectivity index (χ1n) is 7.99. The minimum atomic E-state index is -0.446. The topological polar surface area (TPSA) is 76.7 Å². The smallest absolute Gasteiger partial charge is 0.337 e. The van der Waals surface area contributed by atoms with Crippen molar-refractivity contribution in [2.24, 2.45) is 0 Å². The van der Waals surface area contributed by atoms with E-state index in [4.69, 9.17) is 4.74 Å². The number of rotatable bonds is 7. The van der Waals surface area contributed by atoms with Gasteiger partial charge in [-0.2, -0.15) is 0 Å². The summed E-state index contributed by atoms with van der Waals surface area (Å²) in [6.07, 6.45) is 0. The fraction of sp³-hybridized carbons (Fsp3) is 0.263. The van der Waals surface area contributed by atoms with E-state index in [9.17, 15) is 9.59 Å². The predicted molar refractivity (Wildman–Crippen MR) is 104 cm³/mol. The van der Waals surface area contributed by atoms with Crippen molar-refractivity contribution >= 4 is 33.5 Å². The molecule has 0 fully saturated rings. The molecule has 1 unspecified atom stereocenters. The molecule has 0 heterocycles. The van der Waals surface area contributed by atoms with Crippen LogP contribution in [0.5, 0.6) is 5.75 Å². The van der Waals surface area contributed by atoms with E-state index < -0.39 is 5.97 Å². The van der Waals surface area contributed by atoms with Crippen molar-refractivity contribution in [2.45, 2.75) is 13.0 Å². The summed E-state index contributed by atoms with van der Waals surface area (Å²) in [6.45, 7) is 2.10. The summed E-state index contributed by atoms with van der Waals surface area (Å²) in [5.74, 6) is 0.105. The number of benzene rings is 2. The second-order valence-corrected chi connectivity index (χ2v) is 6.47. The largest absolute Gasteiger partial charge is 0.496 e. The van der Waals surface area contributed by atoms with Crippen LogP contribution in [0.3, 0.4) is 0 Å². The molecule has 2 N–H and O–H groups in total. The van der Waals surface area contributed by atoms with Gasteiger partial charge in [0, 0.05) is 11.7 Å². The van der Waals surface area contributed by atoms with E-state index in [1.54, 1.807) is 31.4 Å². The van der Waals surface area contributed by atoms with Crippen LogP contribution in [0.15, 0.2) is 46.9 Å². The molecule has 2 rings (SSSR count). The summed E-state index contributed by atoms with van der Waals surface area (Å²) in [7, 11) is 2.93. The first kappa shape index (κ1) is 19.9. The van der Waals surface area contributed by atoms with Gasteiger partial charge in [0.2, 0.25) is 5.91 Å². The van der Waals surface area contributed by atoms with Gasteiger partial charge in [-0.15, -0.1) is 0 Å². The minimum Gasteiger partial charge on any atom is -0.496 e. The van der Waals surface area contributed by atoms with Crippen molar-refractivity contribution in [3.05, 3.63) is 58.1 Å². The Morgan fingerprint density at radius 2 is 1.92 bits per heavy atom. The lowest BCUT2D eigenvalue weighted by molar-refractivity contribution is -0.115. The Morgan fingerprint density at radius 1 is 1.15 bits per heavy atom. The monoisotopic (exact) mass is 420 g/mol. The van der Waals surface area contributed by atoms with Crippen LogP contribution in [0.2, 0.25) is 0 Å². The van der Waals surface area contributed by atoms with Crippen molar-refractivity contribution in [2.75, 3.05) is 26.1 Å². The number of methoxy groups -OCH3 is 2. The van der Waals surface area contributed by atoms with Crippen molar-refractivity contribution in [3.8, 4) is 5.75 Å². The lowest BCUT2D eigenvalue weighted by Crippen LogP contribution is -2.30. The summed E-state index contributed by atoms with van der Waals surface area (Å²) in [6, 6.07) is 12.4. The summed E-state index contributed by atoms with van der Waals surface area (Å²) < 4.78 is 10.7. The van der Waals surface area contributed by atoms with E-state index in [-0.39, 0.29) is 18.5 Å². The standard InChI is InChI=1S/C19H21BrN2O4/c1-12(13-7-8-17(25-2)16(20)10-13)21-11-18(23)22-15-6-4-5-14(9-15)19(24)26-3/h4-10,12,21H,11H2,1-3H3,(H,22,23). The van der Waals surface area contributed by atoms with Crippen LogP contribution in [0.4, 0.5) is 5.69 Å². The molecule has 6 nitrogen and oxygen atoms in total. The molecule has 0 aromatic heterocycles. The maximum atomic E-state index is 12.1. The van der Waals surface area contributed by atoms with Gasteiger partial charge in [-0.3, -0.25) is 4.79 Å². The number of hydrogen-bond acceptors (Lipinski definition) is 5. The number of ether oxygens (including phenoxy) is 2. The van der Waals surface area contributed by atoms with E-state index in [1.807, 2.05) is 25.1 Å². The zero-order valence-electron chi connectivity index (χ0n) is 14.8. The molecule has 0 aliphatic carbocycles. The summed E-state index contributed by atoms with van der Waals surface area (Å²) >= 11 is 3.45. The SMILES string of the molecule is COC(=O)c1cccc(NC(=O)CNC(C)c2ccc(OC)c(Br)c2)c1. The van der Waals surface area contributed by atoms with E-state index in [0.29, 0.717) is 11.3 Å². The molecular formula is C19H21BrN2O4. The van der Waals surface area contributed by atoms with Crippen LogP contribution in [-0.2, 0) is 9.53 Å². The third-order valence-electron chi connectivity index (χ3n) is 3.81. The number of carbonyl (C=O) groups excluding carboxylic acids is 2. The highest BCUT2D eigenvalue weighted by Crippen LogP contribution is 2.27. The minimum absolute atomic E-state index is 0.0237. The zero-order chi connectivity index (χ0) is 19.1. The van der Waals surface area contributed by atoms with Crippen molar-refractivity contribution in [1.29, 1.82) is 0 Å². The second kappa shape index (κ2) is 9.35. The van der Waals surface area contributed by atoms with Crippen LogP contribution in [0.1, 0.15) is 28.9 Å². The highest BCUT2D eigenvalue weighted by atomic mass is 79.9. The Labute approximate surface area is 161 Å². The molecular weight excluding hydrogens is 400 g/mol. The van der Waals surface area contributed by atoms with Crippen molar-refractivity contribution in [3.63, 3.8) is 0 Å². The molecule has 1 atom stereocenters. The normalized spacial score (nSPS) is 11.5. The maximum Gasteiger partial charge on any atom is 0.337 e. The number of carbonyl (C=O) groups is 2. The summed E-state index contributed by atoms with van der Waals surface area (Å²) in [5.41, 5.74) is 1.95. The molecule has 0 saturated carbocycles. The van der Waals surface area contributed by atoms with E-state index in [0.717, 1.165) is 15.8 Å². The fourth-order valence-electron chi connectivity index (χ4n) is 2.36. The Hall–Kier alpha value is -2.38. The van der Waals surface area contributed by atoms with Gasteiger partial charge in [-0.05, 0) is 58.7 Å². The van der Waals surface area contributed by atoms with Gasteiger partial charge in [0.05, 0.1) is 30.8 Å². The van der Waals surface area contributed by atoms with Crippen molar-refractivity contribution in [1.82, 2.24) is 5.32 Å². The quantitative estimate of drug-likeness (QED) is 0.669. The van der Waals surface area contributed by atoms with Gasteiger partial charge < -0.3 is 20.1 Å². The van der Waals surface area contributed by atoms with Gasteiger partial charge in [-0.25, -0.2) is 4.79 Å². The van der Waals surface area contributed by atoms with E-state index in [1.165, 1.54) is 7.11 Å². The molecule has 26 heavy (non-hydrogen) atoms. The molecule has 0 aliphatic heterocycles. The lowest BCUT2D eigenvalue weighted by Gasteiger charge is -2.15. The van der Waals surface area contributed by atoms with E-state index in [2.05, 4.69) is 31.3 Å². The molecule has 1 amide bonds. The predicted octanol–water partition coefficient (Wildman–Crippen LogP) is 3.53. The highest BCUT2D eigenvalue weighted by Gasteiger charge is 2.11. The molecule has 0 aliphatic rings. The average molecular weight is 421 g/mol. The van der Waals surface area contributed by atoms with Gasteiger partial charge in [0.25, 0.3) is 0 Å². The number of hydrogen-bond donors (Lipinski definition) is 2. The molecule has 2 aromatic rings. The Balaban J connectivity index is 1.92. The fourth-order valence-corrected chi connectivity index (χ4v) is 2.92. The molecule has 0 spiro atoms. The Kier molecular flexibility index (Phi) is 7.17. The van der Waals surface area contributed by atoms with Crippen LogP contribution >= 0.6 is 15.9 Å². The Morgan fingerprint density at radius 3 is 2.58 bits per heavy atom. The number of halogens is 1. The van der Waals surface area contributed by atoms with Crippen LogP contribution in [0, 0.1) is 0 Å². The molecule has 138 valence electrons. The molecule has 0 bridgehead atoms. The Bertz CT molecular complexity index is 795. The zero-order valence-corrected chi connectivity index (χ0v) is 16.4. The molecule has 0 saturated heterocycles. The van der Waals surface area contributed by atoms with E-state index >= 15 is 0 Å². The van der Waals surface area contributed by atoms with Gasteiger partial charge in [-0.1, -0.05) is 12.1 Å². The number of amides is 1. The third-order valence-corrected chi connectivity index (χ3v) is 4.43. The number of nitrogens with one attached hydrogen (secondary N) is 2. The molecule has 0 radical (unpaired) electrons. The lowest BCUT2D eigenvalue weighted by atomic mass is 10.1. The summed E-state index contributed by atoms with van der Waals surface area (Å²) in [4.78, 5) is 23.7. The van der Waals surface area contributed by atoms with Gasteiger partial charge >= 0.3 is 5.97 Å². The molecule has 2 aromatic carbocycles. The first-order valence-corrected chi connectivity index (χ1v) is 8.79. The van der Waals surface area contributed by atoms with Crippen LogP contribution < -0.4 is 15.4 Å². The highest BCUT2D eigenvalue weighted by molar-refractivity contribution is 9.10. The maximum absolute atomic E-state index is 12.1. The molecule has 7 heteroatoms. The first-order chi connectivity index (χ1) is 12.4. The van der Waals surface area contributed by atoms with Crippen LogP contribution in [0.25, 0.3) is 0 Å². The third kappa shape index (κ3) is 5.31. The van der Waals surface area contributed by atoms with Gasteiger partial charge in [0.1, 0.15) is 5.75 Å². The summed E-state index contributed by atoms with van der Waals surface area (Å²) in [5, 5.41) is 5.93. The second-order valence-electron chi connectivity index (χ2n) is 5.62. The number of anilines is 1.